The minimum absolute atomic E-state index is 0.0482. The molecule has 0 radical (unpaired) electrons. The zero-order valence-corrected chi connectivity index (χ0v) is 7.90. The molecule has 0 unspecified atom stereocenters. The molecule has 0 aromatic carbocycles. The van der Waals surface area contributed by atoms with Gasteiger partial charge in [-0.2, -0.15) is 4.37 Å². The lowest BCUT2D eigenvalue weighted by Crippen LogP contribution is -2.07. The monoisotopic (exact) mass is 171 g/mol. The number of nitrogens with zero attached hydrogens (tertiary/aromatic N) is 1. The highest BCUT2D eigenvalue weighted by Crippen LogP contribution is 2.26. The van der Waals surface area contributed by atoms with Gasteiger partial charge in [0, 0.05) is 4.88 Å². The molecule has 2 nitrogen and oxygen atoms in total. The molecule has 0 atom stereocenters. The van der Waals surface area contributed by atoms with E-state index in [0.29, 0.717) is 0 Å². The van der Waals surface area contributed by atoms with Crippen molar-refractivity contribution < 1.29 is 5.11 Å². The van der Waals surface area contributed by atoms with Crippen molar-refractivity contribution in [1.82, 2.24) is 4.37 Å². The Balaban J connectivity index is 2.89. The molecule has 62 valence electrons. The summed E-state index contributed by atoms with van der Waals surface area (Å²) in [6, 6.07) is 1.96. The summed E-state index contributed by atoms with van der Waals surface area (Å²) in [5.74, 6) is 0. The van der Waals surface area contributed by atoms with Gasteiger partial charge in [0.15, 0.2) is 0 Å². The third-order valence-electron chi connectivity index (χ3n) is 1.46. The molecule has 0 spiro atoms. The molecule has 0 aliphatic heterocycles. The summed E-state index contributed by atoms with van der Waals surface area (Å²) >= 11 is 1.47. The SMILES string of the molecule is CC(C)(C)c1cc(CO)ns1. The third kappa shape index (κ3) is 2.01. The quantitative estimate of drug-likeness (QED) is 0.700. The van der Waals surface area contributed by atoms with Crippen LogP contribution in [0.25, 0.3) is 0 Å². The van der Waals surface area contributed by atoms with E-state index in [0.717, 1.165) is 5.69 Å². The summed E-state index contributed by atoms with van der Waals surface area (Å²) in [5, 5.41) is 8.76. The Labute approximate surface area is 71.1 Å². The highest BCUT2D eigenvalue weighted by molar-refractivity contribution is 7.06. The molecule has 0 amide bonds. The maximum absolute atomic E-state index is 8.76. The molecule has 0 saturated carbocycles. The summed E-state index contributed by atoms with van der Waals surface area (Å²) in [6.07, 6.45) is 0. The fraction of sp³-hybridized carbons (Fsp3) is 0.625. The molecule has 3 heteroatoms. The van der Waals surface area contributed by atoms with Crippen molar-refractivity contribution in [1.29, 1.82) is 0 Å². The van der Waals surface area contributed by atoms with E-state index >= 15 is 0 Å². The van der Waals surface area contributed by atoms with E-state index in [1.807, 2.05) is 6.07 Å². The van der Waals surface area contributed by atoms with Crippen LogP contribution in [0, 0.1) is 0 Å². The van der Waals surface area contributed by atoms with E-state index in [1.54, 1.807) is 0 Å². The second kappa shape index (κ2) is 2.91. The molecule has 0 aliphatic rings. The minimum atomic E-state index is 0.0482. The van der Waals surface area contributed by atoms with Crippen molar-refractivity contribution in [3.63, 3.8) is 0 Å². The second-order valence-corrected chi connectivity index (χ2v) is 4.40. The molecule has 0 aliphatic carbocycles. The van der Waals surface area contributed by atoms with Gasteiger partial charge in [0.05, 0.1) is 12.3 Å². The summed E-state index contributed by atoms with van der Waals surface area (Å²) in [6.45, 7) is 6.47. The van der Waals surface area contributed by atoms with Gasteiger partial charge in [-0.15, -0.1) is 0 Å². The zero-order chi connectivity index (χ0) is 8.48. The summed E-state index contributed by atoms with van der Waals surface area (Å²) in [7, 11) is 0. The highest BCUT2D eigenvalue weighted by Gasteiger charge is 2.16. The highest BCUT2D eigenvalue weighted by atomic mass is 32.1. The molecule has 11 heavy (non-hydrogen) atoms. The van der Waals surface area contributed by atoms with Crippen LogP contribution in [0.4, 0.5) is 0 Å². The molecule has 1 aromatic rings. The maximum Gasteiger partial charge on any atom is 0.0863 e. The third-order valence-corrected chi connectivity index (χ3v) is 2.71. The maximum atomic E-state index is 8.76. The van der Waals surface area contributed by atoms with Gasteiger partial charge >= 0.3 is 0 Å². The molecular formula is C8H13NOS. The van der Waals surface area contributed by atoms with Crippen LogP contribution < -0.4 is 0 Å². The Morgan fingerprint density at radius 2 is 2.18 bits per heavy atom. The van der Waals surface area contributed by atoms with Crippen LogP contribution in [0.5, 0.6) is 0 Å². The average Bonchev–Trinajstić information content (AvgIpc) is 2.32. The van der Waals surface area contributed by atoms with E-state index in [1.165, 1.54) is 16.4 Å². The predicted octanol–water partition coefficient (Wildman–Crippen LogP) is 1.93. The number of rotatable bonds is 1. The van der Waals surface area contributed by atoms with E-state index in [4.69, 9.17) is 5.11 Å². The summed E-state index contributed by atoms with van der Waals surface area (Å²) in [5.41, 5.74) is 0.936. The number of aliphatic hydroxyl groups excluding tert-OH is 1. The van der Waals surface area contributed by atoms with Gasteiger partial charge in [0.1, 0.15) is 0 Å². The van der Waals surface area contributed by atoms with Crippen LogP contribution in [0.2, 0.25) is 0 Å². The molecular weight excluding hydrogens is 158 g/mol. The number of aromatic nitrogens is 1. The van der Waals surface area contributed by atoms with Crippen LogP contribution in [-0.4, -0.2) is 9.48 Å². The van der Waals surface area contributed by atoms with Crippen LogP contribution in [0.15, 0.2) is 6.07 Å². The largest absolute Gasteiger partial charge is 0.390 e. The van der Waals surface area contributed by atoms with E-state index in [9.17, 15) is 0 Å². The lowest BCUT2D eigenvalue weighted by Gasteiger charge is -2.13. The van der Waals surface area contributed by atoms with Crippen LogP contribution >= 0.6 is 11.5 Å². The molecule has 1 heterocycles. The van der Waals surface area contributed by atoms with Gasteiger partial charge in [-0.3, -0.25) is 0 Å². The van der Waals surface area contributed by atoms with E-state index < -0.39 is 0 Å². The lowest BCUT2D eigenvalue weighted by molar-refractivity contribution is 0.278. The first-order chi connectivity index (χ1) is 5.04. The number of hydrogen-bond donors (Lipinski definition) is 1. The predicted molar refractivity (Wildman–Crippen MR) is 46.7 cm³/mol. The van der Waals surface area contributed by atoms with Gasteiger partial charge in [-0.05, 0) is 23.0 Å². The van der Waals surface area contributed by atoms with Crippen LogP contribution in [-0.2, 0) is 12.0 Å². The smallest absolute Gasteiger partial charge is 0.0863 e. The molecule has 0 bridgehead atoms. The zero-order valence-electron chi connectivity index (χ0n) is 7.09. The summed E-state index contributed by atoms with van der Waals surface area (Å²) in [4.78, 5) is 1.22. The van der Waals surface area contributed by atoms with E-state index in [2.05, 4.69) is 25.1 Å². The molecule has 0 fully saturated rings. The van der Waals surface area contributed by atoms with Gasteiger partial charge in [-0.1, -0.05) is 20.8 Å². The average molecular weight is 171 g/mol. The second-order valence-electron chi connectivity index (χ2n) is 3.59. The first-order valence-electron chi connectivity index (χ1n) is 3.61. The first-order valence-corrected chi connectivity index (χ1v) is 4.38. The van der Waals surface area contributed by atoms with Crippen molar-refractivity contribution in [3.05, 3.63) is 16.6 Å². The van der Waals surface area contributed by atoms with Crippen LogP contribution in [0.1, 0.15) is 31.3 Å². The van der Waals surface area contributed by atoms with Gasteiger partial charge in [-0.25, -0.2) is 0 Å². The fourth-order valence-corrected chi connectivity index (χ4v) is 1.53. The Bertz CT molecular complexity index is 236. The van der Waals surface area contributed by atoms with Crippen LogP contribution in [0.3, 0.4) is 0 Å². The standard InChI is InChI=1S/C8H13NOS/c1-8(2,3)7-4-6(5-10)9-11-7/h4,10H,5H2,1-3H3. The van der Waals surface area contributed by atoms with Crippen molar-refractivity contribution in [2.45, 2.75) is 32.8 Å². The molecule has 0 saturated heterocycles. The fourth-order valence-electron chi connectivity index (χ4n) is 0.740. The number of hydrogen-bond acceptors (Lipinski definition) is 3. The molecule has 1 rings (SSSR count). The van der Waals surface area contributed by atoms with E-state index in [-0.39, 0.29) is 12.0 Å². The Kier molecular flexibility index (Phi) is 2.30. The van der Waals surface area contributed by atoms with Gasteiger partial charge < -0.3 is 5.11 Å². The van der Waals surface area contributed by atoms with Crippen molar-refractivity contribution >= 4 is 11.5 Å². The van der Waals surface area contributed by atoms with Gasteiger partial charge in [0.2, 0.25) is 0 Å². The Hall–Kier alpha value is -0.410. The Morgan fingerprint density at radius 3 is 2.45 bits per heavy atom. The topological polar surface area (TPSA) is 33.1 Å². The van der Waals surface area contributed by atoms with Crippen molar-refractivity contribution in [2.75, 3.05) is 0 Å². The lowest BCUT2D eigenvalue weighted by atomic mass is 9.94. The minimum Gasteiger partial charge on any atom is -0.390 e. The first kappa shape index (κ1) is 8.68. The molecule has 1 N–H and O–H groups in total. The van der Waals surface area contributed by atoms with Crippen molar-refractivity contribution in [2.24, 2.45) is 0 Å². The summed E-state index contributed by atoms with van der Waals surface area (Å²) < 4.78 is 4.09. The molecule has 1 aromatic heterocycles. The normalized spacial score (nSPS) is 12.0. The Morgan fingerprint density at radius 1 is 1.55 bits per heavy atom. The number of aliphatic hydroxyl groups is 1. The van der Waals surface area contributed by atoms with Gasteiger partial charge in [0.25, 0.3) is 0 Å². The van der Waals surface area contributed by atoms with Crippen molar-refractivity contribution in [3.8, 4) is 0 Å².